The minimum absolute atomic E-state index is 0.120. The van der Waals surface area contributed by atoms with Gasteiger partial charge in [-0.05, 0) is 18.2 Å². The summed E-state index contributed by atoms with van der Waals surface area (Å²) in [5, 5.41) is 2.49. The van der Waals surface area contributed by atoms with E-state index in [0.29, 0.717) is 0 Å². The summed E-state index contributed by atoms with van der Waals surface area (Å²) in [5.41, 5.74) is 1.23. The van der Waals surface area contributed by atoms with Crippen LogP contribution in [0.1, 0.15) is 12.5 Å². The van der Waals surface area contributed by atoms with E-state index in [4.69, 9.17) is 4.74 Å². The zero-order chi connectivity index (χ0) is 12.4. The van der Waals surface area contributed by atoms with Gasteiger partial charge in [0.05, 0.1) is 0 Å². The maximum absolute atomic E-state index is 5.72. The summed E-state index contributed by atoms with van der Waals surface area (Å²) >= 11 is 0. The Hall–Kier alpha value is -1.28. The first kappa shape index (κ1) is 12.2. The number of hydrogen-bond donors (Lipinski definition) is 0. The zero-order valence-electron chi connectivity index (χ0n) is 10.9. The maximum atomic E-state index is 5.72. The number of benzene rings is 1. The van der Waals surface area contributed by atoms with Crippen molar-refractivity contribution in [3.63, 3.8) is 0 Å². The van der Waals surface area contributed by atoms with Crippen LogP contribution in [0.25, 0.3) is 18.2 Å². The molecule has 0 bridgehead atoms. The fraction of sp³-hybridized carbons (Fsp3) is 0.333. The molecule has 0 saturated carbocycles. The predicted octanol–water partition coefficient (Wildman–Crippen LogP) is 2.43. The molecule has 1 radical (unpaired) electrons. The van der Waals surface area contributed by atoms with E-state index in [0.717, 1.165) is 5.75 Å². The molecular weight excluding hydrogens is 224 g/mol. The Balaban J connectivity index is 0.000000239. The molecule has 2 aliphatic rings. The summed E-state index contributed by atoms with van der Waals surface area (Å²) in [6.07, 6.45) is 8.66. The van der Waals surface area contributed by atoms with Crippen LogP contribution >= 0.6 is 0 Å². The lowest BCUT2D eigenvalue weighted by Crippen LogP contribution is -2.11. The van der Waals surface area contributed by atoms with Gasteiger partial charge in [-0.1, -0.05) is 50.0 Å². The Bertz CT molecular complexity index is 552. The highest BCUT2D eigenvalue weighted by Gasteiger charge is 2.15. The largest absolute Gasteiger partial charge is 0.485 e. The van der Waals surface area contributed by atoms with Crippen molar-refractivity contribution in [1.82, 2.24) is 0 Å². The highest BCUT2D eigenvalue weighted by atomic mass is 28.3. The van der Waals surface area contributed by atoms with Crippen LogP contribution in [0.15, 0.2) is 18.2 Å². The SMILES string of the molecule is CC1C=c2ccc3c(c2O1)C=CC=3.C[Si](C)C. The van der Waals surface area contributed by atoms with Crippen molar-refractivity contribution in [2.24, 2.45) is 0 Å². The molecule has 89 valence electrons. The Morgan fingerprint density at radius 1 is 1.12 bits per heavy atom. The molecule has 1 aromatic carbocycles. The lowest BCUT2D eigenvalue weighted by atomic mass is 10.1. The third-order valence-corrected chi connectivity index (χ3v) is 2.52. The van der Waals surface area contributed by atoms with Crippen molar-refractivity contribution in [3.05, 3.63) is 34.2 Å². The van der Waals surface area contributed by atoms with Gasteiger partial charge in [0.25, 0.3) is 0 Å². The van der Waals surface area contributed by atoms with Crippen molar-refractivity contribution < 1.29 is 4.74 Å². The Morgan fingerprint density at radius 3 is 2.47 bits per heavy atom. The molecule has 1 heterocycles. The van der Waals surface area contributed by atoms with Crippen LogP contribution in [0, 0.1) is 0 Å². The summed E-state index contributed by atoms with van der Waals surface area (Å²) < 4.78 is 5.72. The number of fused-ring (bicyclic) bond motifs is 3. The lowest BCUT2D eigenvalue weighted by molar-refractivity contribution is 0.295. The molecule has 2 heteroatoms. The van der Waals surface area contributed by atoms with Crippen LogP contribution in [-0.2, 0) is 0 Å². The summed E-state index contributed by atoms with van der Waals surface area (Å²) in [7, 11) is 0.120. The van der Waals surface area contributed by atoms with Crippen LogP contribution in [0.3, 0.4) is 0 Å². The number of hydrogen-bond acceptors (Lipinski definition) is 1. The van der Waals surface area contributed by atoms with E-state index in [1.54, 1.807) is 0 Å². The third kappa shape index (κ3) is 2.70. The van der Waals surface area contributed by atoms with Gasteiger partial charge in [0, 0.05) is 19.6 Å². The summed E-state index contributed by atoms with van der Waals surface area (Å²) in [5.74, 6) is 1.05. The standard InChI is InChI=1S/C12H10O.C3H9Si/c1-8-7-10-6-5-9-3-2-4-11(9)12(10)13-8;1-4(2)3/h2-8H,1H3;1-3H3. The third-order valence-electron chi connectivity index (χ3n) is 2.52. The van der Waals surface area contributed by atoms with Crippen LogP contribution < -0.4 is 15.2 Å². The summed E-state index contributed by atoms with van der Waals surface area (Å²) in [6, 6.07) is 4.27. The molecule has 17 heavy (non-hydrogen) atoms. The monoisotopic (exact) mass is 243 g/mol. The molecule has 1 nitrogen and oxygen atoms in total. The molecule has 1 aromatic rings. The fourth-order valence-corrected chi connectivity index (χ4v) is 1.93. The van der Waals surface area contributed by atoms with E-state index in [9.17, 15) is 0 Å². The zero-order valence-corrected chi connectivity index (χ0v) is 11.9. The van der Waals surface area contributed by atoms with Crippen LogP contribution in [0.4, 0.5) is 0 Å². The van der Waals surface area contributed by atoms with Crippen LogP contribution in [0.2, 0.25) is 19.6 Å². The Labute approximate surface area is 105 Å². The van der Waals surface area contributed by atoms with Gasteiger partial charge in [0.15, 0.2) is 0 Å². The molecule has 0 N–H and O–H groups in total. The summed E-state index contributed by atoms with van der Waals surface area (Å²) in [4.78, 5) is 0. The Morgan fingerprint density at radius 2 is 1.76 bits per heavy atom. The minimum Gasteiger partial charge on any atom is -0.485 e. The molecule has 3 rings (SSSR count). The number of ether oxygens (including phenoxy) is 1. The van der Waals surface area contributed by atoms with Gasteiger partial charge in [0.1, 0.15) is 11.9 Å². The van der Waals surface area contributed by atoms with E-state index in [2.05, 4.69) is 63.0 Å². The van der Waals surface area contributed by atoms with Gasteiger partial charge < -0.3 is 4.74 Å². The first-order valence-corrected chi connectivity index (χ1v) is 9.04. The van der Waals surface area contributed by atoms with Crippen molar-refractivity contribution in [1.29, 1.82) is 0 Å². The summed E-state index contributed by atoms with van der Waals surface area (Å²) in [6.45, 7) is 8.87. The van der Waals surface area contributed by atoms with Gasteiger partial charge >= 0.3 is 0 Å². The smallest absolute Gasteiger partial charge is 0.135 e. The van der Waals surface area contributed by atoms with Crippen molar-refractivity contribution in [2.75, 3.05) is 0 Å². The highest BCUT2D eigenvalue weighted by molar-refractivity contribution is 6.54. The van der Waals surface area contributed by atoms with E-state index >= 15 is 0 Å². The van der Waals surface area contributed by atoms with E-state index in [1.165, 1.54) is 16.0 Å². The van der Waals surface area contributed by atoms with Crippen molar-refractivity contribution in [2.45, 2.75) is 32.7 Å². The molecule has 1 atom stereocenters. The van der Waals surface area contributed by atoms with Gasteiger partial charge in [-0.15, -0.1) is 0 Å². The molecule has 0 aromatic heterocycles. The van der Waals surface area contributed by atoms with Crippen molar-refractivity contribution in [3.8, 4) is 5.75 Å². The highest BCUT2D eigenvalue weighted by Crippen LogP contribution is 2.19. The number of rotatable bonds is 0. The van der Waals surface area contributed by atoms with E-state index < -0.39 is 0 Å². The molecule has 0 fully saturated rings. The van der Waals surface area contributed by atoms with E-state index in [1.807, 2.05) is 0 Å². The second-order valence-electron chi connectivity index (χ2n) is 5.00. The first-order valence-electron chi connectivity index (χ1n) is 6.04. The van der Waals surface area contributed by atoms with Crippen LogP contribution in [-0.4, -0.2) is 14.9 Å². The van der Waals surface area contributed by atoms with Gasteiger partial charge in [0.2, 0.25) is 0 Å². The molecule has 0 amide bonds. The second kappa shape index (κ2) is 4.92. The normalized spacial score (nSPS) is 18.5. The van der Waals surface area contributed by atoms with Gasteiger partial charge in [-0.2, -0.15) is 0 Å². The average molecular weight is 243 g/mol. The van der Waals surface area contributed by atoms with Crippen LogP contribution in [0.5, 0.6) is 5.75 Å². The molecule has 0 saturated heterocycles. The topological polar surface area (TPSA) is 9.23 Å². The molecule has 1 aliphatic heterocycles. The fourth-order valence-electron chi connectivity index (χ4n) is 1.93. The molecule has 0 spiro atoms. The van der Waals surface area contributed by atoms with E-state index in [-0.39, 0.29) is 14.9 Å². The van der Waals surface area contributed by atoms with Crippen molar-refractivity contribution >= 4 is 27.0 Å². The molecule has 1 unspecified atom stereocenters. The van der Waals surface area contributed by atoms with Gasteiger partial charge in [-0.25, -0.2) is 0 Å². The lowest BCUT2D eigenvalue weighted by Gasteiger charge is -2.05. The molecular formula is C15H19OSi. The minimum atomic E-state index is 0.120. The number of allylic oxidation sites excluding steroid dienone is 1. The van der Waals surface area contributed by atoms with Gasteiger partial charge in [-0.3, -0.25) is 0 Å². The maximum Gasteiger partial charge on any atom is 0.135 e. The first-order chi connectivity index (χ1) is 8.08. The average Bonchev–Trinajstić information content (AvgIpc) is 2.79. The molecule has 1 aliphatic carbocycles. The Kier molecular flexibility index (Phi) is 3.53. The second-order valence-corrected chi connectivity index (χ2v) is 8.00. The predicted molar refractivity (Wildman–Crippen MR) is 77.1 cm³/mol. The quantitative estimate of drug-likeness (QED) is 0.636.